The quantitative estimate of drug-likeness (QED) is 0.0995. The molecule has 282 valence electrons. The van der Waals surface area contributed by atoms with Crippen LogP contribution in [-0.4, -0.2) is 6.71 Å². The van der Waals surface area contributed by atoms with Crippen LogP contribution in [0.25, 0.3) is 11.1 Å². The minimum atomic E-state index is 0.109. The summed E-state index contributed by atoms with van der Waals surface area (Å²) in [7, 11) is 0. The van der Waals surface area contributed by atoms with Crippen LogP contribution in [-0.2, 0) is 0 Å². The Labute approximate surface area is 346 Å². The van der Waals surface area contributed by atoms with Gasteiger partial charge in [-0.05, 0) is 111 Å². The molecule has 0 aromatic heterocycles. The number of hydrogen-bond donors (Lipinski definition) is 0. The van der Waals surface area contributed by atoms with E-state index in [0.717, 1.165) is 22.6 Å². The molecule has 0 aliphatic rings. The minimum Gasteiger partial charge on any atom is -0.311 e. The normalized spacial score (nSPS) is 11.6. The lowest BCUT2D eigenvalue weighted by Gasteiger charge is -2.26. The third-order valence-corrected chi connectivity index (χ3v) is 11.4. The summed E-state index contributed by atoms with van der Waals surface area (Å²) in [5, 5.41) is 0. The first-order chi connectivity index (χ1) is 28.3. The highest BCUT2D eigenvalue weighted by molar-refractivity contribution is 6.96. The summed E-state index contributed by atoms with van der Waals surface area (Å²) in [5.41, 5.74) is 22.5. The molecular weight excluding hydrogens is 697 g/mol. The maximum absolute atomic E-state index is 2.38. The molecule has 0 spiro atoms. The highest BCUT2D eigenvalue weighted by Gasteiger charge is 2.29. The van der Waals surface area contributed by atoms with Crippen LogP contribution < -0.4 is 21.3 Å². The van der Waals surface area contributed by atoms with Gasteiger partial charge in [0.25, 0.3) is 0 Å². The van der Waals surface area contributed by atoms with Gasteiger partial charge in [-0.1, -0.05) is 207 Å². The molecule has 0 saturated carbocycles. The van der Waals surface area contributed by atoms with Crippen molar-refractivity contribution < 1.29 is 0 Å². The third kappa shape index (κ3) is 7.84. The predicted molar refractivity (Wildman–Crippen MR) is 251 cm³/mol. The summed E-state index contributed by atoms with van der Waals surface area (Å²) in [6.07, 6.45) is 0. The highest BCUT2D eigenvalue weighted by Crippen LogP contribution is 2.39. The average Bonchev–Trinajstić information content (AvgIpc) is 3.23. The Morgan fingerprint density at radius 1 is 0.328 bits per heavy atom. The molecule has 1 nitrogen and oxygen atoms in total. The van der Waals surface area contributed by atoms with E-state index in [9.17, 15) is 0 Å². The van der Waals surface area contributed by atoms with Crippen LogP contribution in [0.3, 0.4) is 0 Å². The molecule has 8 rings (SSSR count). The van der Waals surface area contributed by atoms with Crippen LogP contribution >= 0.6 is 0 Å². The van der Waals surface area contributed by atoms with Crippen LogP contribution in [0.1, 0.15) is 55.6 Å². The van der Waals surface area contributed by atoms with E-state index < -0.39 is 0 Å². The van der Waals surface area contributed by atoms with Gasteiger partial charge in [-0.15, -0.1) is 0 Å². The summed E-state index contributed by atoms with van der Waals surface area (Å²) in [5.74, 6) is 0. The smallest absolute Gasteiger partial charge is 0.242 e. The first-order valence-electron chi connectivity index (χ1n) is 20.4. The molecule has 0 aliphatic carbocycles. The molecule has 0 amide bonds. The third-order valence-electron chi connectivity index (χ3n) is 11.4. The van der Waals surface area contributed by atoms with Gasteiger partial charge >= 0.3 is 0 Å². The fourth-order valence-electron chi connectivity index (χ4n) is 9.11. The van der Waals surface area contributed by atoms with Crippen molar-refractivity contribution in [2.45, 2.75) is 41.5 Å². The fourth-order valence-corrected chi connectivity index (χ4v) is 9.11. The van der Waals surface area contributed by atoms with Crippen molar-refractivity contribution in [3.63, 3.8) is 0 Å². The predicted octanol–water partition coefficient (Wildman–Crippen LogP) is 12.5. The lowest BCUT2D eigenvalue weighted by molar-refractivity contribution is 1.28. The van der Waals surface area contributed by atoms with Gasteiger partial charge in [-0.25, -0.2) is 0 Å². The van der Waals surface area contributed by atoms with Gasteiger partial charge in [0.15, 0.2) is 0 Å². The van der Waals surface area contributed by atoms with Crippen molar-refractivity contribution in [1.29, 1.82) is 0 Å². The fraction of sp³-hybridized carbons (Fsp3) is 0.107. The molecule has 0 atom stereocenters. The zero-order valence-corrected chi connectivity index (χ0v) is 34.5. The molecule has 0 bridgehead atoms. The number of para-hydroxylation sites is 2. The molecule has 8 aromatic carbocycles. The summed E-state index contributed by atoms with van der Waals surface area (Å²) in [6, 6.07) is 70.9. The van der Waals surface area contributed by atoms with Gasteiger partial charge in [0.1, 0.15) is 0 Å². The van der Waals surface area contributed by atoms with E-state index in [1.165, 1.54) is 77.6 Å². The van der Waals surface area contributed by atoms with E-state index in [1.807, 2.05) is 0 Å². The van der Waals surface area contributed by atoms with E-state index in [-0.39, 0.29) is 6.71 Å². The molecule has 8 aromatic rings. The molecule has 0 saturated heterocycles. The highest BCUT2D eigenvalue weighted by atomic mass is 15.1. The van der Waals surface area contributed by atoms with Gasteiger partial charge in [-0.3, -0.25) is 0 Å². The Balaban J connectivity index is 1.31. The summed E-state index contributed by atoms with van der Waals surface area (Å²) in [6.45, 7) is 13.6. The second kappa shape index (κ2) is 16.8. The molecule has 2 heteroatoms. The van der Waals surface area contributed by atoms with Crippen LogP contribution in [0.15, 0.2) is 194 Å². The Hall–Kier alpha value is -6.64. The monoisotopic (exact) mass is 747 g/mol. The zero-order valence-electron chi connectivity index (χ0n) is 34.5. The Kier molecular flexibility index (Phi) is 11.1. The van der Waals surface area contributed by atoms with Crippen molar-refractivity contribution in [2.24, 2.45) is 0 Å². The van der Waals surface area contributed by atoms with Crippen molar-refractivity contribution in [3.8, 4) is 0 Å². The number of rotatable bonds is 10. The van der Waals surface area contributed by atoms with Crippen LogP contribution in [0, 0.1) is 41.5 Å². The minimum absolute atomic E-state index is 0.109. The van der Waals surface area contributed by atoms with E-state index in [1.54, 1.807) is 0 Å². The number of aryl methyl sites for hydroxylation is 6. The number of nitrogens with zero attached hydrogens (tertiary/aromatic N) is 1. The maximum atomic E-state index is 2.38. The zero-order chi connectivity index (χ0) is 40.2. The van der Waals surface area contributed by atoms with Gasteiger partial charge in [0, 0.05) is 17.1 Å². The topological polar surface area (TPSA) is 3.24 Å². The molecule has 0 N–H and O–H groups in total. The largest absolute Gasteiger partial charge is 0.311 e. The van der Waals surface area contributed by atoms with Gasteiger partial charge < -0.3 is 4.90 Å². The summed E-state index contributed by atoms with van der Waals surface area (Å²) in [4.78, 5) is 2.32. The van der Waals surface area contributed by atoms with Crippen molar-refractivity contribution in [3.05, 3.63) is 250 Å². The lowest BCUT2D eigenvalue weighted by atomic mass is 9.34. The van der Waals surface area contributed by atoms with E-state index >= 15 is 0 Å². The van der Waals surface area contributed by atoms with Gasteiger partial charge in [0.2, 0.25) is 6.71 Å². The van der Waals surface area contributed by atoms with Crippen molar-refractivity contribution in [1.82, 2.24) is 0 Å². The van der Waals surface area contributed by atoms with E-state index in [4.69, 9.17) is 0 Å². The van der Waals surface area contributed by atoms with Crippen LogP contribution in [0.4, 0.5) is 17.1 Å². The summed E-state index contributed by atoms with van der Waals surface area (Å²) < 4.78 is 0. The Morgan fingerprint density at radius 3 is 0.983 bits per heavy atom. The lowest BCUT2D eigenvalue weighted by Crippen LogP contribution is -2.55. The van der Waals surface area contributed by atoms with Crippen molar-refractivity contribution >= 4 is 51.3 Å². The second-order valence-electron chi connectivity index (χ2n) is 15.7. The first kappa shape index (κ1) is 38.2. The van der Waals surface area contributed by atoms with Crippen LogP contribution in [0.5, 0.6) is 0 Å². The molecule has 0 radical (unpaired) electrons. The molecular formula is C56H50BN. The van der Waals surface area contributed by atoms with Gasteiger partial charge in [-0.2, -0.15) is 0 Å². The molecule has 0 unspecified atom stereocenters. The number of benzene rings is 8. The first-order valence-corrected chi connectivity index (χ1v) is 20.4. The number of anilines is 3. The number of hydrogen-bond acceptors (Lipinski definition) is 1. The molecule has 58 heavy (non-hydrogen) atoms. The standard InChI is InChI=1S/C56H50BN/c1-39-35-41(3)55(42(4)36-39)57(56-43(5)37-40(2)38-44(56)6)49-31-27-47(28-32-49)53(45-19-11-7-12-20-45)54(46-21-13-8-14-22-46)48-29-33-52(34-30-48)58(50-23-15-9-16-24-50)51-25-17-10-18-26-51/h7-38H,1-6H3. The molecule has 0 fully saturated rings. The Morgan fingerprint density at radius 2 is 0.621 bits per heavy atom. The second-order valence-corrected chi connectivity index (χ2v) is 15.7. The molecule has 0 aliphatic heterocycles. The summed E-state index contributed by atoms with van der Waals surface area (Å²) >= 11 is 0. The van der Waals surface area contributed by atoms with Gasteiger partial charge in [0.05, 0.1) is 0 Å². The Bertz CT molecular complexity index is 2540. The van der Waals surface area contributed by atoms with Crippen molar-refractivity contribution in [2.75, 3.05) is 4.90 Å². The maximum Gasteiger partial charge on any atom is 0.242 e. The van der Waals surface area contributed by atoms with E-state index in [0.29, 0.717) is 0 Å². The van der Waals surface area contributed by atoms with Crippen LogP contribution in [0.2, 0.25) is 0 Å². The average molecular weight is 748 g/mol. The SMILES string of the molecule is Cc1cc(C)c(B(c2ccc(C(=C(c3ccccc3)c3ccc(N(c4ccccc4)c4ccccc4)cc3)c3ccccc3)cc2)c2c(C)cc(C)cc2C)c(C)c1. The molecule has 0 heterocycles. The van der Waals surface area contributed by atoms with E-state index in [2.05, 4.69) is 241 Å².